The highest BCUT2D eigenvalue weighted by atomic mass is 16.5. The Morgan fingerprint density at radius 3 is 2.13 bits per heavy atom. The third kappa shape index (κ3) is 2.58. The van der Waals surface area contributed by atoms with E-state index in [1.165, 1.54) is 6.07 Å². The molecule has 3 heteroatoms. The van der Waals surface area contributed by atoms with Gasteiger partial charge in [-0.15, -0.1) is 6.42 Å². The molecule has 0 saturated carbocycles. The maximum atomic E-state index is 12.5. The fraction of sp³-hybridized carbons (Fsp3) is 0. The van der Waals surface area contributed by atoms with E-state index in [4.69, 9.17) is 11.2 Å². The molecule has 0 saturated heterocycles. The van der Waals surface area contributed by atoms with Gasteiger partial charge in [-0.1, -0.05) is 24.3 Å². The first-order valence-electron chi connectivity index (χ1n) is 6.67. The second-order valence-corrected chi connectivity index (χ2v) is 4.63. The summed E-state index contributed by atoms with van der Waals surface area (Å²) in [4.78, 5) is 25.0. The smallest absolute Gasteiger partial charge is 0.194 e. The third-order valence-electron chi connectivity index (χ3n) is 3.31. The molecular formula is C20H8O3. The number of carbonyl (C=O) groups excluding carboxylic acids is 2. The first-order valence-corrected chi connectivity index (χ1v) is 6.67. The number of rotatable bonds is 1. The Kier molecular flexibility index (Phi) is 3.67. The topological polar surface area (TPSA) is 43.4 Å². The van der Waals surface area contributed by atoms with Gasteiger partial charge in [-0.25, -0.2) is 0 Å². The first-order chi connectivity index (χ1) is 11.2. The Labute approximate surface area is 133 Å². The molecule has 0 fully saturated rings. The van der Waals surface area contributed by atoms with Crippen LogP contribution in [-0.4, -0.2) is 11.6 Å². The fourth-order valence-corrected chi connectivity index (χ4v) is 2.32. The average Bonchev–Trinajstić information content (AvgIpc) is 2.59. The number of benzene rings is 2. The highest BCUT2D eigenvalue weighted by molar-refractivity contribution is 6.28. The molecule has 0 aliphatic heterocycles. The molecule has 0 bridgehead atoms. The van der Waals surface area contributed by atoms with E-state index in [0.29, 0.717) is 28.0 Å². The van der Waals surface area contributed by atoms with Crippen molar-refractivity contribution in [1.82, 2.24) is 0 Å². The van der Waals surface area contributed by atoms with Crippen LogP contribution in [0.3, 0.4) is 0 Å². The van der Waals surface area contributed by atoms with Crippen molar-refractivity contribution in [3.05, 3.63) is 64.7 Å². The molecule has 0 spiro atoms. The molecule has 3 nitrogen and oxygen atoms in total. The molecule has 0 N–H and O–H groups in total. The van der Waals surface area contributed by atoms with Crippen molar-refractivity contribution in [3.8, 4) is 42.0 Å². The first kappa shape index (κ1) is 14.2. The van der Waals surface area contributed by atoms with Crippen molar-refractivity contribution >= 4 is 11.6 Å². The molecule has 23 heavy (non-hydrogen) atoms. The molecule has 0 heterocycles. The van der Waals surface area contributed by atoms with E-state index in [1.807, 2.05) is 0 Å². The van der Waals surface area contributed by atoms with Crippen LogP contribution >= 0.6 is 0 Å². The monoisotopic (exact) mass is 296 g/mol. The zero-order valence-corrected chi connectivity index (χ0v) is 11.8. The molecule has 1 aliphatic carbocycles. The van der Waals surface area contributed by atoms with E-state index in [2.05, 4.69) is 29.8 Å². The van der Waals surface area contributed by atoms with Gasteiger partial charge in [-0.2, -0.15) is 0 Å². The van der Waals surface area contributed by atoms with Crippen molar-refractivity contribution in [1.29, 1.82) is 0 Å². The van der Waals surface area contributed by atoms with Crippen molar-refractivity contribution in [3.63, 3.8) is 0 Å². The second-order valence-electron chi connectivity index (χ2n) is 4.63. The molecule has 0 unspecified atom stereocenters. The predicted molar refractivity (Wildman–Crippen MR) is 84.8 cm³/mol. The summed E-state index contributed by atoms with van der Waals surface area (Å²) in [5.41, 5.74) is 1.49. The van der Waals surface area contributed by atoms with Crippen LogP contribution in [0, 0.1) is 36.2 Å². The molecule has 0 aromatic heterocycles. The number of ketones is 2. The van der Waals surface area contributed by atoms with E-state index < -0.39 is 0 Å². The summed E-state index contributed by atoms with van der Waals surface area (Å²) in [7, 11) is 0. The van der Waals surface area contributed by atoms with Crippen LogP contribution in [0.1, 0.15) is 31.8 Å². The zero-order valence-electron chi connectivity index (χ0n) is 11.8. The van der Waals surface area contributed by atoms with Gasteiger partial charge in [0.2, 0.25) is 0 Å². The largest absolute Gasteiger partial charge is 0.407 e. The van der Waals surface area contributed by atoms with Crippen LogP contribution in [0.25, 0.3) is 0 Å². The SMILES string of the molecule is C#CC#CC#COc1ccc2c(c1)C(=O)c1ccccc1C2=O. The van der Waals surface area contributed by atoms with Crippen LogP contribution in [0.2, 0.25) is 0 Å². The van der Waals surface area contributed by atoms with Crippen molar-refractivity contribution in [2.75, 3.05) is 0 Å². The van der Waals surface area contributed by atoms with Gasteiger partial charge in [0.1, 0.15) is 11.9 Å². The summed E-state index contributed by atoms with van der Waals surface area (Å²) in [6.45, 7) is 0. The highest BCUT2D eigenvalue weighted by Crippen LogP contribution is 2.29. The quantitative estimate of drug-likeness (QED) is 0.648. The standard InChI is InChI=1S/C20H8O3/c1-2-3-4-7-12-23-14-10-11-17-18(13-14)20(22)16-9-6-5-8-15(16)19(17)21/h1,5-6,8-11,13H. The van der Waals surface area contributed by atoms with Gasteiger partial charge < -0.3 is 4.74 Å². The minimum atomic E-state index is -0.208. The van der Waals surface area contributed by atoms with Gasteiger partial charge in [0.15, 0.2) is 11.6 Å². The van der Waals surface area contributed by atoms with E-state index >= 15 is 0 Å². The lowest BCUT2D eigenvalue weighted by atomic mass is 9.84. The molecule has 0 amide bonds. The Balaban J connectivity index is 1.97. The molecule has 0 atom stereocenters. The Morgan fingerprint density at radius 2 is 1.43 bits per heavy atom. The van der Waals surface area contributed by atoms with Crippen LogP contribution in [0.5, 0.6) is 5.75 Å². The van der Waals surface area contributed by atoms with Gasteiger partial charge in [0.25, 0.3) is 0 Å². The molecule has 106 valence electrons. The van der Waals surface area contributed by atoms with Crippen LogP contribution in [-0.2, 0) is 0 Å². The van der Waals surface area contributed by atoms with Crippen molar-refractivity contribution in [2.24, 2.45) is 0 Å². The third-order valence-corrected chi connectivity index (χ3v) is 3.31. The number of ether oxygens (including phenoxy) is 1. The number of hydrogen-bond donors (Lipinski definition) is 0. The summed E-state index contributed by atoms with van der Waals surface area (Å²) in [5.74, 6) is 9.27. The molecule has 2 aromatic carbocycles. The predicted octanol–water partition coefficient (Wildman–Crippen LogP) is 2.44. The summed E-state index contributed by atoms with van der Waals surface area (Å²) in [6, 6.07) is 11.4. The summed E-state index contributed by atoms with van der Waals surface area (Å²) in [6.07, 6.45) is 7.34. The minimum absolute atomic E-state index is 0.173. The summed E-state index contributed by atoms with van der Waals surface area (Å²) in [5, 5.41) is 0. The molecule has 2 aromatic rings. The second kappa shape index (κ2) is 5.94. The summed E-state index contributed by atoms with van der Waals surface area (Å²) < 4.78 is 5.19. The Bertz CT molecular complexity index is 999. The Hall–Kier alpha value is -3.74. The molecule has 3 rings (SSSR count). The maximum Gasteiger partial charge on any atom is 0.194 e. The normalized spacial score (nSPS) is 10.9. The van der Waals surface area contributed by atoms with E-state index in [0.717, 1.165) is 0 Å². The van der Waals surface area contributed by atoms with Crippen LogP contribution in [0.15, 0.2) is 42.5 Å². The lowest BCUT2D eigenvalue weighted by molar-refractivity contribution is 0.0979. The van der Waals surface area contributed by atoms with Gasteiger partial charge in [-0.3, -0.25) is 9.59 Å². The molecule has 1 aliphatic rings. The maximum absolute atomic E-state index is 12.5. The lowest BCUT2D eigenvalue weighted by Crippen LogP contribution is -2.20. The van der Waals surface area contributed by atoms with E-state index in [1.54, 1.807) is 36.4 Å². The van der Waals surface area contributed by atoms with Crippen molar-refractivity contribution in [2.45, 2.75) is 0 Å². The lowest BCUT2D eigenvalue weighted by Gasteiger charge is -2.17. The Morgan fingerprint density at radius 1 is 0.783 bits per heavy atom. The minimum Gasteiger partial charge on any atom is -0.407 e. The van der Waals surface area contributed by atoms with E-state index in [9.17, 15) is 9.59 Å². The van der Waals surface area contributed by atoms with Gasteiger partial charge in [-0.05, 0) is 30.0 Å². The zero-order chi connectivity index (χ0) is 16.2. The van der Waals surface area contributed by atoms with Gasteiger partial charge in [0, 0.05) is 34.1 Å². The molecule has 0 radical (unpaired) electrons. The number of hydrogen-bond acceptors (Lipinski definition) is 3. The van der Waals surface area contributed by atoms with Gasteiger partial charge >= 0.3 is 0 Å². The fourth-order valence-electron chi connectivity index (χ4n) is 2.32. The average molecular weight is 296 g/mol. The number of terminal acetylenes is 1. The number of carbonyl (C=O) groups is 2. The summed E-state index contributed by atoms with van der Waals surface area (Å²) >= 11 is 0. The van der Waals surface area contributed by atoms with E-state index in [-0.39, 0.29) is 11.6 Å². The van der Waals surface area contributed by atoms with Gasteiger partial charge in [0.05, 0.1) is 0 Å². The van der Waals surface area contributed by atoms with Crippen molar-refractivity contribution < 1.29 is 14.3 Å². The number of fused-ring (bicyclic) bond motifs is 2. The van der Waals surface area contributed by atoms with Crippen LogP contribution < -0.4 is 4.74 Å². The van der Waals surface area contributed by atoms with Crippen LogP contribution in [0.4, 0.5) is 0 Å². The highest BCUT2D eigenvalue weighted by Gasteiger charge is 2.29. The molecular weight excluding hydrogens is 288 g/mol.